The number of rotatable bonds is 2. The molecule has 1 saturated heterocycles. The van der Waals surface area contributed by atoms with Crippen LogP contribution in [0.15, 0.2) is 36.4 Å². The van der Waals surface area contributed by atoms with Crippen molar-refractivity contribution in [3.05, 3.63) is 47.5 Å². The number of ether oxygens (including phenoxy) is 1. The van der Waals surface area contributed by atoms with Gasteiger partial charge in [-0.25, -0.2) is 9.59 Å². The smallest absolute Gasteiger partial charge is 0.336 e. The summed E-state index contributed by atoms with van der Waals surface area (Å²) in [6.45, 7) is 1.76. The van der Waals surface area contributed by atoms with Crippen LogP contribution >= 0.6 is 0 Å². The molecule has 1 fully saturated rings. The molecule has 0 spiro atoms. The van der Waals surface area contributed by atoms with Crippen LogP contribution < -0.4 is 0 Å². The lowest BCUT2D eigenvalue weighted by molar-refractivity contribution is -0.154. The lowest BCUT2D eigenvalue weighted by atomic mass is 9.73. The van der Waals surface area contributed by atoms with Crippen LogP contribution in [0.3, 0.4) is 0 Å². The van der Waals surface area contributed by atoms with E-state index in [1.807, 2.05) is 6.08 Å². The van der Waals surface area contributed by atoms with Crippen molar-refractivity contribution in [3.63, 3.8) is 0 Å². The number of aromatic carboxylic acids is 2. The van der Waals surface area contributed by atoms with Crippen LogP contribution in [-0.2, 0) is 14.3 Å². The molecule has 2 atom stereocenters. The monoisotopic (exact) mass is 332 g/mol. The number of allylic oxidation sites excluding steroid dienone is 1. The first kappa shape index (κ1) is 17.4. The molecule has 1 aliphatic heterocycles. The van der Waals surface area contributed by atoms with Crippen molar-refractivity contribution >= 4 is 23.9 Å². The number of hydrogen-bond donors (Lipinski definition) is 2. The summed E-state index contributed by atoms with van der Waals surface area (Å²) in [5.74, 6) is -3.45. The first-order valence-corrected chi connectivity index (χ1v) is 7.27. The zero-order valence-electron chi connectivity index (χ0n) is 12.9. The van der Waals surface area contributed by atoms with E-state index in [-0.39, 0.29) is 23.0 Å². The van der Waals surface area contributed by atoms with Crippen molar-refractivity contribution < 1.29 is 34.1 Å². The van der Waals surface area contributed by atoms with Gasteiger partial charge in [-0.3, -0.25) is 9.59 Å². The molecule has 1 aromatic rings. The maximum Gasteiger partial charge on any atom is 0.336 e. The second-order valence-corrected chi connectivity index (χ2v) is 5.68. The number of carbonyl (C=O) groups excluding carboxylic acids is 2. The SMILES string of the molecule is CC12C=CCCC1C(=O)OC2=O.O=C(O)c1ccccc1C(=O)O. The molecule has 2 unspecified atom stereocenters. The zero-order valence-corrected chi connectivity index (χ0v) is 12.9. The number of benzene rings is 1. The highest BCUT2D eigenvalue weighted by Crippen LogP contribution is 2.42. The fourth-order valence-corrected chi connectivity index (χ4v) is 2.71. The fourth-order valence-electron chi connectivity index (χ4n) is 2.71. The molecule has 0 saturated carbocycles. The van der Waals surface area contributed by atoms with Crippen molar-refractivity contribution in [2.24, 2.45) is 11.3 Å². The Bertz CT molecular complexity index is 701. The van der Waals surface area contributed by atoms with Gasteiger partial charge in [0.2, 0.25) is 0 Å². The molecular formula is C17H16O7. The third-order valence-corrected chi connectivity index (χ3v) is 4.12. The van der Waals surface area contributed by atoms with E-state index >= 15 is 0 Å². The summed E-state index contributed by atoms with van der Waals surface area (Å²) in [5.41, 5.74) is -1.05. The minimum atomic E-state index is -1.23. The van der Waals surface area contributed by atoms with Crippen molar-refractivity contribution in [2.75, 3.05) is 0 Å². The Morgan fingerprint density at radius 3 is 2.12 bits per heavy atom. The predicted molar refractivity (Wildman–Crippen MR) is 81.4 cm³/mol. The molecule has 0 bridgehead atoms. The molecule has 0 radical (unpaired) electrons. The van der Waals surface area contributed by atoms with E-state index in [0.29, 0.717) is 0 Å². The number of fused-ring (bicyclic) bond motifs is 1. The van der Waals surface area contributed by atoms with Gasteiger partial charge in [0.05, 0.1) is 22.5 Å². The van der Waals surface area contributed by atoms with Gasteiger partial charge < -0.3 is 14.9 Å². The Morgan fingerprint density at radius 2 is 1.67 bits per heavy atom. The Balaban J connectivity index is 0.000000174. The third kappa shape index (κ3) is 3.19. The average Bonchev–Trinajstić information content (AvgIpc) is 2.78. The first-order valence-electron chi connectivity index (χ1n) is 7.27. The largest absolute Gasteiger partial charge is 0.478 e. The van der Waals surface area contributed by atoms with E-state index in [0.717, 1.165) is 12.8 Å². The summed E-state index contributed by atoms with van der Waals surface area (Å²) >= 11 is 0. The van der Waals surface area contributed by atoms with Gasteiger partial charge in [0, 0.05) is 0 Å². The molecule has 1 aromatic carbocycles. The van der Waals surface area contributed by atoms with Crippen LogP contribution in [0.2, 0.25) is 0 Å². The summed E-state index contributed by atoms with van der Waals surface area (Å²) < 4.78 is 4.58. The van der Waals surface area contributed by atoms with E-state index in [9.17, 15) is 19.2 Å². The lowest BCUT2D eigenvalue weighted by Gasteiger charge is -2.24. The van der Waals surface area contributed by atoms with E-state index in [2.05, 4.69) is 4.74 Å². The first-order chi connectivity index (χ1) is 11.3. The Labute approximate surface area is 137 Å². The molecule has 3 rings (SSSR count). The van der Waals surface area contributed by atoms with Gasteiger partial charge in [0.25, 0.3) is 0 Å². The second-order valence-electron chi connectivity index (χ2n) is 5.68. The maximum atomic E-state index is 11.2. The molecule has 0 amide bonds. The summed E-state index contributed by atoms with van der Waals surface area (Å²) in [4.78, 5) is 43.3. The van der Waals surface area contributed by atoms with E-state index in [4.69, 9.17) is 10.2 Å². The highest BCUT2D eigenvalue weighted by atomic mass is 16.6. The standard InChI is InChI=1S/C9H10O3.C8H6O4/c1-9-5-3-2-4-6(9)7(10)12-8(9)11;9-7(10)5-3-1-2-4-6(5)8(11)12/h3,5-6H,2,4H2,1H3;1-4H,(H,9,10)(H,11,12). The number of hydrogen-bond acceptors (Lipinski definition) is 5. The number of carboxylic acid groups (broad SMARTS) is 2. The van der Waals surface area contributed by atoms with Crippen molar-refractivity contribution in [2.45, 2.75) is 19.8 Å². The molecule has 2 N–H and O–H groups in total. The molecule has 126 valence electrons. The molecule has 24 heavy (non-hydrogen) atoms. The molecule has 7 nitrogen and oxygen atoms in total. The van der Waals surface area contributed by atoms with Crippen LogP contribution in [0, 0.1) is 11.3 Å². The van der Waals surface area contributed by atoms with Crippen LogP contribution in [0.5, 0.6) is 0 Å². The summed E-state index contributed by atoms with van der Waals surface area (Å²) in [5, 5.41) is 17.1. The number of cyclic esters (lactones) is 2. The zero-order chi connectivity index (χ0) is 17.9. The minimum Gasteiger partial charge on any atom is -0.478 e. The van der Waals surface area contributed by atoms with Gasteiger partial charge >= 0.3 is 23.9 Å². The van der Waals surface area contributed by atoms with Gasteiger partial charge in [-0.15, -0.1) is 0 Å². The van der Waals surface area contributed by atoms with Gasteiger partial charge in [0.1, 0.15) is 0 Å². The third-order valence-electron chi connectivity index (χ3n) is 4.12. The second kappa shape index (κ2) is 6.66. The van der Waals surface area contributed by atoms with Crippen molar-refractivity contribution in [1.29, 1.82) is 0 Å². The van der Waals surface area contributed by atoms with E-state index in [1.165, 1.54) is 24.3 Å². The average molecular weight is 332 g/mol. The van der Waals surface area contributed by atoms with Crippen LogP contribution in [0.25, 0.3) is 0 Å². The van der Waals surface area contributed by atoms with Gasteiger partial charge in [-0.05, 0) is 31.9 Å². The predicted octanol–water partition coefficient (Wildman–Crippen LogP) is 2.13. The summed E-state index contributed by atoms with van der Waals surface area (Å²) in [6.07, 6.45) is 5.34. The molecule has 2 aliphatic rings. The Kier molecular flexibility index (Phi) is 4.82. The van der Waals surface area contributed by atoms with Crippen LogP contribution in [0.1, 0.15) is 40.5 Å². The molecule has 7 heteroatoms. The Hall–Kier alpha value is -2.96. The fraction of sp³-hybridized carbons (Fsp3) is 0.294. The summed E-state index contributed by atoms with van der Waals surface area (Å²) in [7, 11) is 0. The van der Waals surface area contributed by atoms with Gasteiger partial charge in [-0.1, -0.05) is 24.3 Å². The molecule has 1 heterocycles. The molecule has 1 aliphatic carbocycles. The van der Waals surface area contributed by atoms with Gasteiger partial charge in [-0.2, -0.15) is 0 Å². The minimum absolute atomic E-state index is 0.190. The lowest BCUT2D eigenvalue weighted by Crippen LogP contribution is -2.30. The van der Waals surface area contributed by atoms with Crippen molar-refractivity contribution in [1.82, 2.24) is 0 Å². The number of carboxylic acids is 2. The number of carbonyl (C=O) groups is 4. The maximum absolute atomic E-state index is 11.2. The molecular weight excluding hydrogens is 316 g/mol. The Morgan fingerprint density at radius 1 is 1.12 bits per heavy atom. The quantitative estimate of drug-likeness (QED) is 0.484. The number of esters is 2. The van der Waals surface area contributed by atoms with Crippen molar-refractivity contribution in [3.8, 4) is 0 Å². The summed E-state index contributed by atoms with van der Waals surface area (Å²) in [6, 6.07) is 5.48. The highest BCUT2D eigenvalue weighted by molar-refractivity contribution is 6.01. The van der Waals surface area contributed by atoms with Crippen LogP contribution in [-0.4, -0.2) is 34.1 Å². The normalized spacial score (nSPS) is 24.5. The molecule has 0 aromatic heterocycles. The van der Waals surface area contributed by atoms with E-state index < -0.39 is 23.3 Å². The van der Waals surface area contributed by atoms with Gasteiger partial charge in [0.15, 0.2) is 0 Å². The van der Waals surface area contributed by atoms with Crippen LogP contribution in [0.4, 0.5) is 0 Å². The highest BCUT2D eigenvalue weighted by Gasteiger charge is 2.53. The topological polar surface area (TPSA) is 118 Å². The van der Waals surface area contributed by atoms with E-state index in [1.54, 1.807) is 13.0 Å².